The fourth-order valence-electron chi connectivity index (χ4n) is 2.28. The van der Waals surface area contributed by atoms with Crippen molar-refractivity contribution in [1.82, 2.24) is 15.5 Å². The van der Waals surface area contributed by atoms with Gasteiger partial charge in [-0.1, -0.05) is 30.3 Å². The first-order valence-corrected chi connectivity index (χ1v) is 8.91. The summed E-state index contributed by atoms with van der Waals surface area (Å²) in [6.45, 7) is 4.06. The maximum absolute atomic E-state index is 12.3. The second kappa shape index (κ2) is 7.94. The summed E-state index contributed by atoms with van der Waals surface area (Å²) in [6, 6.07) is 11.5. The number of amides is 1. The molecule has 130 valence electrons. The van der Waals surface area contributed by atoms with Gasteiger partial charge in [0.15, 0.2) is 6.10 Å². The Labute approximate surface area is 149 Å². The number of carbonyl (C=O) groups excluding carboxylic acids is 1. The van der Waals surface area contributed by atoms with Crippen molar-refractivity contribution < 1.29 is 14.1 Å². The molecule has 0 unspecified atom stereocenters. The van der Waals surface area contributed by atoms with Crippen molar-refractivity contribution >= 4 is 17.2 Å². The first kappa shape index (κ1) is 17.2. The van der Waals surface area contributed by atoms with Crippen LogP contribution in [-0.2, 0) is 11.3 Å². The number of nitrogens with zero attached hydrogens (tertiary/aromatic N) is 2. The second-order valence-electron chi connectivity index (χ2n) is 5.54. The van der Waals surface area contributed by atoms with Crippen molar-refractivity contribution in [3.05, 3.63) is 53.2 Å². The lowest BCUT2D eigenvalue weighted by Gasteiger charge is -2.17. The Kier molecular flexibility index (Phi) is 5.45. The molecule has 3 aromatic rings. The molecule has 0 aliphatic rings. The number of nitrogens with one attached hydrogen (secondary N) is 1. The predicted octanol–water partition coefficient (Wildman–Crippen LogP) is 3.58. The summed E-state index contributed by atoms with van der Waals surface area (Å²) in [5.41, 5.74) is 1.08. The molecule has 1 N–H and O–H groups in total. The van der Waals surface area contributed by atoms with Gasteiger partial charge in [-0.3, -0.25) is 4.79 Å². The van der Waals surface area contributed by atoms with Gasteiger partial charge in [0.1, 0.15) is 5.75 Å². The van der Waals surface area contributed by atoms with Crippen molar-refractivity contribution in [2.75, 3.05) is 0 Å². The van der Waals surface area contributed by atoms with E-state index in [0.29, 0.717) is 23.9 Å². The molecule has 0 aliphatic heterocycles. The zero-order valence-corrected chi connectivity index (χ0v) is 14.9. The maximum atomic E-state index is 12.3. The highest BCUT2D eigenvalue weighted by Crippen LogP contribution is 2.21. The summed E-state index contributed by atoms with van der Waals surface area (Å²) in [5.74, 6) is 1.36. The Morgan fingerprint density at radius 2 is 2.24 bits per heavy atom. The minimum absolute atomic E-state index is 0.172. The van der Waals surface area contributed by atoms with Gasteiger partial charge in [-0.25, -0.2) is 0 Å². The Morgan fingerprint density at radius 1 is 1.36 bits per heavy atom. The minimum Gasteiger partial charge on any atom is -0.481 e. The molecule has 2 heterocycles. The highest BCUT2D eigenvalue weighted by molar-refractivity contribution is 7.13. The summed E-state index contributed by atoms with van der Waals surface area (Å²) < 4.78 is 11.0. The highest BCUT2D eigenvalue weighted by Gasteiger charge is 2.19. The number of thiophene rings is 1. The standard InChI is InChI=1S/C18H19N3O3S/c1-3-14(23-13-7-4-6-12(2)10-13)18(22)19-11-16-20-17(21-24-16)15-8-5-9-25-15/h4-10,14H,3,11H2,1-2H3,(H,19,22)/t14-/m1/s1. The topological polar surface area (TPSA) is 77.2 Å². The summed E-state index contributed by atoms with van der Waals surface area (Å²) in [5, 5.41) is 8.65. The first-order chi connectivity index (χ1) is 12.2. The lowest BCUT2D eigenvalue weighted by atomic mass is 10.2. The van der Waals surface area contributed by atoms with Gasteiger partial charge in [-0.15, -0.1) is 11.3 Å². The van der Waals surface area contributed by atoms with Crippen molar-refractivity contribution in [3.8, 4) is 16.5 Å². The van der Waals surface area contributed by atoms with Crippen LogP contribution in [0.5, 0.6) is 5.75 Å². The van der Waals surface area contributed by atoms with E-state index in [1.165, 1.54) is 11.3 Å². The van der Waals surface area contributed by atoms with E-state index in [1.54, 1.807) is 0 Å². The number of ether oxygens (including phenoxy) is 1. The van der Waals surface area contributed by atoms with Gasteiger partial charge in [-0.2, -0.15) is 4.98 Å². The van der Waals surface area contributed by atoms with Gasteiger partial charge in [0, 0.05) is 0 Å². The van der Waals surface area contributed by atoms with Gasteiger partial charge >= 0.3 is 0 Å². The molecule has 6 nitrogen and oxygen atoms in total. The maximum Gasteiger partial charge on any atom is 0.261 e. The molecular weight excluding hydrogens is 338 g/mol. The molecule has 1 atom stereocenters. The minimum atomic E-state index is -0.568. The molecule has 3 rings (SSSR count). The highest BCUT2D eigenvalue weighted by atomic mass is 32.1. The van der Waals surface area contributed by atoms with Crippen LogP contribution in [0.3, 0.4) is 0 Å². The number of hydrogen-bond acceptors (Lipinski definition) is 6. The fourth-order valence-corrected chi connectivity index (χ4v) is 2.93. The van der Waals surface area contributed by atoms with Crippen molar-refractivity contribution in [2.45, 2.75) is 32.9 Å². The molecule has 0 bridgehead atoms. The van der Waals surface area contributed by atoms with Crippen molar-refractivity contribution in [3.63, 3.8) is 0 Å². The van der Waals surface area contributed by atoms with Crippen molar-refractivity contribution in [1.29, 1.82) is 0 Å². The summed E-state index contributed by atoms with van der Waals surface area (Å²) in [6.07, 6.45) is -0.00849. The van der Waals surface area contributed by atoms with Gasteiger partial charge in [0.05, 0.1) is 11.4 Å². The Hall–Kier alpha value is -2.67. The summed E-state index contributed by atoms with van der Waals surface area (Å²) in [4.78, 5) is 17.6. The smallest absolute Gasteiger partial charge is 0.261 e. The van der Waals surface area contributed by atoms with Gasteiger partial charge in [-0.05, 0) is 42.5 Å². The molecule has 0 aliphatic carbocycles. The van der Waals surface area contributed by atoms with E-state index < -0.39 is 6.10 Å². The molecule has 0 radical (unpaired) electrons. The third-order valence-corrected chi connectivity index (χ3v) is 4.42. The third-order valence-electron chi connectivity index (χ3n) is 3.55. The van der Waals surface area contributed by atoms with Gasteiger partial charge in [0.2, 0.25) is 11.7 Å². The Balaban J connectivity index is 1.57. The average Bonchev–Trinajstić information content (AvgIpc) is 3.28. The van der Waals surface area contributed by atoms with E-state index in [2.05, 4.69) is 15.5 Å². The third kappa shape index (κ3) is 4.45. The molecule has 0 saturated carbocycles. The van der Waals surface area contributed by atoms with Crippen LogP contribution in [0, 0.1) is 6.92 Å². The zero-order chi connectivity index (χ0) is 17.6. The van der Waals surface area contributed by atoms with E-state index in [4.69, 9.17) is 9.26 Å². The number of rotatable bonds is 7. The lowest BCUT2D eigenvalue weighted by Crippen LogP contribution is -2.37. The van der Waals surface area contributed by atoms with E-state index in [0.717, 1.165) is 10.4 Å². The largest absolute Gasteiger partial charge is 0.481 e. The Bertz CT molecular complexity index is 830. The summed E-state index contributed by atoms with van der Waals surface area (Å²) in [7, 11) is 0. The Morgan fingerprint density at radius 3 is 2.96 bits per heavy atom. The molecular formula is C18H19N3O3S. The number of aromatic nitrogens is 2. The van der Waals surface area contributed by atoms with Crippen LogP contribution in [0.2, 0.25) is 0 Å². The molecule has 0 saturated heterocycles. The second-order valence-corrected chi connectivity index (χ2v) is 6.49. The normalized spacial score (nSPS) is 11.9. The van der Waals surface area contributed by atoms with E-state index in [-0.39, 0.29) is 12.5 Å². The number of hydrogen-bond donors (Lipinski definition) is 1. The van der Waals surface area contributed by atoms with Gasteiger partial charge < -0.3 is 14.6 Å². The number of benzene rings is 1. The van der Waals surface area contributed by atoms with Gasteiger partial charge in [0.25, 0.3) is 5.91 Å². The monoisotopic (exact) mass is 357 g/mol. The van der Waals surface area contributed by atoms with E-state index in [9.17, 15) is 4.79 Å². The first-order valence-electron chi connectivity index (χ1n) is 8.03. The fraction of sp³-hybridized carbons (Fsp3) is 0.278. The predicted molar refractivity (Wildman–Crippen MR) is 95.3 cm³/mol. The molecule has 2 aromatic heterocycles. The molecule has 0 spiro atoms. The quantitative estimate of drug-likeness (QED) is 0.699. The van der Waals surface area contributed by atoms with Crippen LogP contribution < -0.4 is 10.1 Å². The van der Waals surface area contributed by atoms with E-state index >= 15 is 0 Å². The van der Waals surface area contributed by atoms with Crippen LogP contribution in [-0.4, -0.2) is 22.2 Å². The number of carbonyl (C=O) groups is 1. The molecule has 25 heavy (non-hydrogen) atoms. The summed E-state index contributed by atoms with van der Waals surface area (Å²) >= 11 is 1.53. The molecule has 7 heteroatoms. The van der Waals surface area contributed by atoms with Crippen LogP contribution in [0.4, 0.5) is 0 Å². The van der Waals surface area contributed by atoms with Crippen LogP contribution >= 0.6 is 11.3 Å². The number of aryl methyl sites for hydroxylation is 1. The van der Waals surface area contributed by atoms with Crippen molar-refractivity contribution in [2.24, 2.45) is 0 Å². The molecule has 1 aromatic carbocycles. The van der Waals surface area contributed by atoms with E-state index in [1.807, 2.05) is 55.6 Å². The SMILES string of the molecule is CC[C@@H](Oc1cccc(C)c1)C(=O)NCc1nc(-c2cccs2)no1. The van der Waals surface area contributed by atoms with Crippen LogP contribution in [0.1, 0.15) is 24.8 Å². The molecule has 0 fully saturated rings. The molecule has 1 amide bonds. The lowest BCUT2D eigenvalue weighted by molar-refractivity contribution is -0.128. The average molecular weight is 357 g/mol. The van der Waals surface area contributed by atoms with Crippen LogP contribution in [0.25, 0.3) is 10.7 Å². The van der Waals surface area contributed by atoms with Crippen LogP contribution in [0.15, 0.2) is 46.3 Å². The zero-order valence-electron chi connectivity index (χ0n) is 14.1.